The first kappa shape index (κ1) is 17.1. The average Bonchev–Trinajstić information content (AvgIpc) is 2.65. The SMILES string of the molecule is COc1cc(CNc2ncnc3ccc(Cl)cc23)cc(OC)c1OC. The van der Waals surface area contributed by atoms with Crippen LogP contribution in [0.25, 0.3) is 10.9 Å². The summed E-state index contributed by atoms with van der Waals surface area (Å²) in [4.78, 5) is 8.56. The molecular formula is C18H18ClN3O3. The molecule has 3 rings (SSSR count). The lowest BCUT2D eigenvalue weighted by atomic mass is 10.1. The van der Waals surface area contributed by atoms with E-state index in [1.807, 2.05) is 24.3 Å². The van der Waals surface area contributed by atoms with Gasteiger partial charge in [-0.3, -0.25) is 0 Å². The number of hydrogen-bond acceptors (Lipinski definition) is 6. The minimum Gasteiger partial charge on any atom is -0.493 e. The monoisotopic (exact) mass is 359 g/mol. The molecule has 6 nitrogen and oxygen atoms in total. The van der Waals surface area contributed by atoms with Crippen molar-refractivity contribution in [3.63, 3.8) is 0 Å². The first-order chi connectivity index (χ1) is 12.2. The Morgan fingerprint density at radius 3 is 2.32 bits per heavy atom. The Kier molecular flexibility index (Phi) is 5.09. The Morgan fingerprint density at radius 1 is 0.960 bits per heavy atom. The smallest absolute Gasteiger partial charge is 0.203 e. The molecule has 0 spiro atoms. The van der Waals surface area contributed by atoms with Gasteiger partial charge in [-0.05, 0) is 35.9 Å². The summed E-state index contributed by atoms with van der Waals surface area (Å²) in [7, 11) is 4.76. The maximum atomic E-state index is 6.09. The minimum absolute atomic E-state index is 0.523. The van der Waals surface area contributed by atoms with Crippen molar-refractivity contribution in [3.05, 3.63) is 47.2 Å². The Hall–Kier alpha value is -2.73. The number of hydrogen-bond donors (Lipinski definition) is 1. The second kappa shape index (κ2) is 7.44. The first-order valence-electron chi connectivity index (χ1n) is 7.59. The molecule has 1 aromatic heterocycles. The molecule has 0 aliphatic rings. The predicted octanol–water partition coefficient (Wildman–Crippen LogP) is 3.92. The van der Waals surface area contributed by atoms with Gasteiger partial charge < -0.3 is 19.5 Å². The highest BCUT2D eigenvalue weighted by Gasteiger charge is 2.13. The van der Waals surface area contributed by atoms with Crippen LogP contribution in [0, 0.1) is 0 Å². The van der Waals surface area contributed by atoms with Gasteiger partial charge in [-0.2, -0.15) is 0 Å². The zero-order valence-corrected chi connectivity index (χ0v) is 14.9. The van der Waals surface area contributed by atoms with E-state index in [4.69, 9.17) is 25.8 Å². The molecule has 7 heteroatoms. The van der Waals surface area contributed by atoms with Crippen LogP contribution in [0.15, 0.2) is 36.7 Å². The van der Waals surface area contributed by atoms with Crippen LogP contribution in [0.5, 0.6) is 17.2 Å². The number of aromatic nitrogens is 2. The summed E-state index contributed by atoms with van der Waals surface area (Å²) < 4.78 is 16.1. The molecule has 0 saturated heterocycles. The summed E-state index contributed by atoms with van der Waals surface area (Å²) in [5.41, 5.74) is 1.79. The highest BCUT2D eigenvalue weighted by atomic mass is 35.5. The van der Waals surface area contributed by atoms with Crippen LogP contribution >= 0.6 is 11.6 Å². The number of ether oxygens (including phenoxy) is 3. The summed E-state index contributed by atoms with van der Waals surface area (Å²) in [5.74, 6) is 2.48. The number of anilines is 1. The van der Waals surface area contributed by atoms with E-state index in [-0.39, 0.29) is 0 Å². The number of rotatable bonds is 6. The zero-order chi connectivity index (χ0) is 17.8. The molecule has 0 aliphatic heterocycles. The lowest BCUT2D eigenvalue weighted by molar-refractivity contribution is 0.324. The lowest BCUT2D eigenvalue weighted by Crippen LogP contribution is -2.04. The Labute approximate surface area is 150 Å². The Bertz CT molecular complexity index is 877. The minimum atomic E-state index is 0.523. The van der Waals surface area contributed by atoms with E-state index in [9.17, 15) is 0 Å². The van der Waals surface area contributed by atoms with Crippen LogP contribution in [-0.2, 0) is 6.54 Å². The molecule has 0 radical (unpaired) electrons. The van der Waals surface area contributed by atoms with Gasteiger partial charge in [-0.15, -0.1) is 0 Å². The zero-order valence-electron chi connectivity index (χ0n) is 14.2. The molecule has 2 aromatic carbocycles. The van der Waals surface area contributed by atoms with Gasteiger partial charge in [0.1, 0.15) is 12.1 Å². The van der Waals surface area contributed by atoms with Crippen molar-refractivity contribution >= 4 is 28.3 Å². The molecule has 3 aromatic rings. The number of fused-ring (bicyclic) bond motifs is 1. The van der Waals surface area contributed by atoms with Gasteiger partial charge in [0.15, 0.2) is 11.5 Å². The van der Waals surface area contributed by atoms with Gasteiger partial charge in [0, 0.05) is 17.0 Å². The van der Waals surface area contributed by atoms with E-state index in [0.29, 0.717) is 34.6 Å². The average molecular weight is 360 g/mol. The molecule has 0 atom stereocenters. The number of methoxy groups -OCH3 is 3. The van der Waals surface area contributed by atoms with Crippen molar-refractivity contribution in [2.75, 3.05) is 26.6 Å². The van der Waals surface area contributed by atoms with Crippen LogP contribution in [-0.4, -0.2) is 31.3 Å². The van der Waals surface area contributed by atoms with E-state index in [0.717, 1.165) is 16.5 Å². The maximum absolute atomic E-state index is 6.09. The molecule has 1 N–H and O–H groups in total. The van der Waals surface area contributed by atoms with Crippen molar-refractivity contribution in [2.45, 2.75) is 6.54 Å². The molecule has 25 heavy (non-hydrogen) atoms. The van der Waals surface area contributed by atoms with Crippen molar-refractivity contribution < 1.29 is 14.2 Å². The van der Waals surface area contributed by atoms with Crippen molar-refractivity contribution in [3.8, 4) is 17.2 Å². The highest BCUT2D eigenvalue weighted by Crippen LogP contribution is 2.38. The summed E-state index contributed by atoms with van der Waals surface area (Å²) >= 11 is 6.09. The Morgan fingerprint density at radius 2 is 1.68 bits per heavy atom. The Balaban J connectivity index is 1.90. The number of nitrogens with one attached hydrogen (secondary N) is 1. The van der Waals surface area contributed by atoms with Gasteiger partial charge >= 0.3 is 0 Å². The normalized spacial score (nSPS) is 10.6. The van der Waals surface area contributed by atoms with Crippen molar-refractivity contribution in [1.82, 2.24) is 9.97 Å². The fourth-order valence-electron chi connectivity index (χ4n) is 2.59. The molecule has 0 saturated carbocycles. The summed E-state index contributed by atoms with van der Waals surface area (Å²) in [6, 6.07) is 9.30. The maximum Gasteiger partial charge on any atom is 0.203 e. The number of nitrogens with zero attached hydrogens (tertiary/aromatic N) is 2. The molecular weight excluding hydrogens is 342 g/mol. The third-order valence-corrected chi connectivity index (χ3v) is 4.02. The third kappa shape index (κ3) is 3.53. The molecule has 0 amide bonds. The van der Waals surface area contributed by atoms with Crippen molar-refractivity contribution in [2.24, 2.45) is 0 Å². The number of halogens is 1. The lowest BCUT2D eigenvalue weighted by Gasteiger charge is -2.15. The fourth-order valence-corrected chi connectivity index (χ4v) is 2.77. The van der Waals surface area contributed by atoms with Gasteiger partial charge in [0.2, 0.25) is 5.75 Å². The molecule has 130 valence electrons. The van der Waals surface area contributed by atoms with Crippen molar-refractivity contribution in [1.29, 1.82) is 0 Å². The summed E-state index contributed by atoms with van der Waals surface area (Å²) in [5, 5.41) is 4.81. The van der Waals surface area contributed by atoms with Crippen LogP contribution < -0.4 is 19.5 Å². The van der Waals surface area contributed by atoms with E-state index >= 15 is 0 Å². The van der Waals surface area contributed by atoms with Gasteiger partial charge in [0.05, 0.1) is 26.8 Å². The second-order valence-corrected chi connectivity index (χ2v) is 5.71. The summed E-state index contributed by atoms with van der Waals surface area (Å²) in [6.45, 7) is 0.523. The van der Waals surface area contributed by atoms with Crippen LogP contribution in [0.3, 0.4) is 0 Å². The predicted molar refractivity (Wildman–Crippen MR) is 98.0 cm³/mol. The molecule has 1 heterocycles. The van der Waals surface area contributed by atoms with Gasteiger partial charge in [0.25, 0.3) is 0 Å². The number of benzene rings is 2. The van der Waals surface area contributed by atoms with Gasteiger partial charge in [-0.25, -0.2) is 9.97 Å². The van der Waals surface area contributed by atoms with Gasteiger partial charge in [-0.1, -0.05) is 11.6 Å². The second-order valence-electron chi connectivity index (χ2n) is 5.27. The third-order valence-electron chi connectivity index (χ3n) is 3.78. The first-order valence-corrected chi connectivity index (χ1v) is 7.97. The largest absolute Gasteiger partial charge is 0.493 e. The van der Waals surface area contributed by atoms with E-state index in [2.05, 4.69) is 15.3 Å². The topological polar surface area (TPSA) is 65.5 Å². The van der Waals surface area contributed by atoms with E-state index < -0.39 is 0 Å². The van der Waals surface area contributed by atoms with Crippen LogP contribution in [0.2, 0.25) is 5.02 Å². The van der Waals surface area contributed by atoms with Crippen LogP contribution in [0.4, 0.5) is 5.82 Å². The summed E-state index contributed by atoms with van der Waals surface area (Å²) in [6.07, 6.45) is 1.52. The molecule has 0 aliphatic carbocycles. The van der Waals surface area contributed by atoms with E-state index in [1.165, 1.54) is 6.33 Å². The molecule has 0 unspecified atom stereocenters. The van der Waals surface area contributed by atoms with Crippen LogP contribution in [0.1, 0.15) is 5.56 Å². The molecule has 0 bridgehead atoms. The highest BCUT2D eigenvalue weighted by molar-refractivity contribution is 6.31. The quantitative estimate of drug-likeness (QED) is 0.719. The fraction of sp³-hybridized carbons (Fsp3) is 0.222. The molecule has 0 fully saturated rings. The van der Waals surface area contributed by atoms with E-state index in [1.54, 1.807) is 27.4 Å². The standard InChI is InChI=1S/C18H18ClN3O3/c1-23-15-6-11(7-16(24-2)17(15)25-3)9-20-18-13-8-12(19)4-5-14(13)21-10-22-18/h4-8,10H,9H2,1-3H3,(H,20,21,22).